The van der Waals surface area contributed by atoms with Gasteiger partial charge in [-0.25, -0.2) is 13.2 Å². The number of sulfonamides is 1. The van der Waals surface area contributed by atoms with E-state index in [9.17, 15) is 18.3 Å². The van der Waals surface area contributed by atoms with Gasteiger partial charge in [0.05, 0.1) is 17.5 Å². The van der Waals surface area contributed by atoms with Crippen molar-refractivity contribution >= 4 is 16.0 Å². The zero-order valence-electron chi connectivity index (χ0n) is 10.8. The van der Waals surface area contributed by atoms with Crippen molar-refractivity contribution in [2.75, 3.05) is 20.3 Å². The van der Waals surface area contributed by atoms with Crippen LogP contribution < -0.4 is 0 Å². The van der Waals surface area contributed by atoms with Gasteiger partial charge in [0.2, 0.25) is 10.0 Å². The number of carbonyl (C=O) groups is 1. The quantitative estimate of drug-likeness (QED) is 0.839. The van der Waals surface area contributed by atoms with Crippen molar-refractivity contribution in [3.05, 3.63) is 23.8 Å². The Morgan fingerprint density at radius 3 is 2.70 bits per heavy atom. The molecule has 0 aromatic heterocycles. The summed E-state index contributed by atoms with van der Waals surface area (Å²) in [6, 6.07) is 2.94. The molecule has 20 heavy (non-hydrogen) atoms. The molecule has 1 saturated heterocycles. The third-order valence-electron chi connectivity index (χ3n) is 3.30. The van der Waals surface area contributed by atoms with Crippen LogP contribution in [0.4, 0.5) is 0 Å². The molecular formula is C12H15NO6S. The summed E-state index contributed by atoms with van der Waals surface area (Å²) in [7, 11) is -2.38. The maximum atomic E-state index is 12.4. The highest BCUT2D eigenvalue weighted by Crippen LogP contribution is 2.25. The molecule has 1 aromatic rings. The van der Waals surface area contributed by atoms with Crippen molar-refractivity contribution in [2.24, 2.45) is 0 Å². The first-order valence-electron chi connectivity index (χ1n) is 5.96. The van der Waals surface area contributed by atoms with Gasteiger partial charge in [-0.3, -0.25) is 0 Å². The summed E-state index contributed by atoms with van der Waals surface area (Å²) < 4.78 is 31.1. The van der Waals surface area contributed by atoms with Crippen LogP contribution in [0.3, 0.4) is 0 Å². The van der Waals surface area contributed by atoms with Crippen molar-refractivity contribution in [3.63, 3.8) is 0 Å². The van der Waals surface area contributed by atoms with E-state index in [2.05, 4.69) is 0 Å². The average Bonchev–Trinajstić information content (AvgIpc) is 2.91. The Labute approximate surface area is 116 Å². The lowest BCUT2D eigenvalue weighted by atomic mass is 10.2. The first-order valence-corrected chi connectivity index (χ1v) is 7.40. The van der Waals surface area contributed by atoms with Crippen LogP contribution in [0.5, 0.6) is 5.75 Å². The molecule has 1 atom stereocenters. The molecule has 0 spiro atoms. The van der Waals surface area contributed by atoms with Crippen LogP contribution in [-0.4, -0.2) is 55.2 Å². The van der Waals surface area contributed by atoms with E-state index < -0.39 is 27.3 Å². The second-order valence-corrected chi connectivity index (χ2v) is 6.52. The molecule has 1 aliphatic rings. The van der Waals surface area contributed by atoms with Crippen LogP contribution in [0.15, 0.2) is 23.1 Å². The number of hydrogen-bond donors (Lipinski definition) is 2. The molecule has 2 N–H and O–H groups in total. The molecule has 1 aliphatic heterocycles. The number of carboxylic acids is 1. The normalized spacial score (nSPS) is 19.4. The molecule has 110 valence electrons. The number of nitrogens with zero attached hydrogens (tertiary/aromatic N) is 1. The van der Waals surface area contributed by atoms with E-state index in [-0.39, 0.29) is 10.9 Å². The zero-order chi connectivity index (χ0) is 14.9. The molecule has 1 aromatic carbocycles. The zero-order valence-corrected chi connectivity index (χ0v) is 11.6. The largest absolute Gasteiger partial charge is 0.507 e. The van der Waals surface area contributed by atoms with Crippen molar-refractivity contribution in [2.45, 2.75) is 17.4 Å². The first-order chi connectivity index (χ1) is 9.34. The molecule has 1 heterocycles. The van der Waals surface area contributed by atoms with Gasteiger partial charge in [-0.2, -0.15) is 4.31 Å². The van der Waals surface area contributed by atoms with Crippen molar-refractivity contribution < 1.29 is 28.2 Å². The Morgan fingerprint density at radius 2 is 2.15 bits per heavy atom. The van der Waals surface area contributed by atoms with Gasteiger partial charge < -0.3 is 14.9 Å². The second-order valence-electron chi connectivity index (χ2n) is 4.52. The first kappa shape index (κ1) is 14.8. The highest BCUT2D eigenvalue weighted by atomic mass is 32.2. The van der Waals surface area contributed by atoms with Crippen LogP contribution in [0.25, 0.3) is 0 Å². The SMILES string of the molecule is CN(C1CCOC1)S(=O)(=O)c1ccc(O)c(C(=O)O)c1. The molecule has 1 fully saturated rings. The van der Waals surface area contributed by atoms with Gasteiger partial charge in [-0.1, -0.05) is 0 Å². The maximum Gasteiger partial charge on any atom is 0.339 e. The van der Waals surface area contributed by atoms with Crippen molar-refractivity contribution in [1.82, 2.24) is 4.31 Å². The summed E-state index contributed by atoms with van der Waals surface area (Å²) in [5.41, 5.74) is -0.442. The predicted octanol–water partition coefficient (Wildman–Crippen LogP) is 0.500. The summed E-state index contributed by atoms with van der Waals surface area (Å²) in [6.45, 7) is 0.820. The number of rotatable bonds is 4. The fraction of sp³-hybridized carbons (Fsp3) is 0.417. The standard InChI is InChI=1S/C12H15NO6S/c1-13(8-4-5-19-7-8)20(17,18)9-2-3-11(14)10(6-9)12(15)16/h2-3,6,8,14H,4-5,7H2,1H3,(H,15,16). The third kappa shape index (κ3) is 2.62. The van der Waals surface area contributed by atoms with E-state index in [1.807, 2.05) is 0 Å². The predicted molar refractivity (Wildman–Crippen MR) is 69.2 cm³/mol. The Hall–Kier alpha value is -1.64. The number of aromatic carboxylic acids is 1. The number of benzene rings is 1. The molecule has 2 rings (SSSR count). The van der Waals surface area contributed by atoms with Gasteiger partial charge in [-0.05, 0) is 24.6 Å². The van der Waals surface area contributed by atoms with Gasteiger partial charge in [0, 0.05) is 13.7 Å². The Kier molecular flexibility index (Phi) is 3.98. The minimum absolute atomic E-state index is 0.165. The number of hydrogen-bond acceptors (Lipinski definition) is 5. The summed E-state index contributed by atoms with van der Waals surface area (Å²) in [5, 5.41) is 18.3. The molecule has 0 radical (unpaired) electrons. The van der Waals surface area contributed by atoms with Gasteiger partial charge in [0.25, 0.3) is 0 Å². The lowest BCUT2D eigenvalue weighted by molar-refractivity contribution is 0.0693. The van der Waals surface area contributed by atoms with E-state index in [4.69, 9.17) is 9.84 Å². The van der Waals surface area contributed by atoms with Crippen LogP contribution in [0, 0.1) is 0 Å². The lowest BCUT2D eigenvalue weighted by Gasteiger charge is -2.22. The molecule has 0 aliphatic carbocycles. The van der Waals surface area contributed by atoms with Crippen LogP contribution in [0.2, 0.25) is 0 Å². The Balaban J connectivity index is 2.38. The number of aromatic hydroxyl groups is 1. The number of carboxylic acid groups (broad SMARTS) is 1. The van der Waals surface area contributed by atoms with E-state index in [1.54, 1.807) is 0 Å². The van der Waals surface area contributed by atoms with E-state index >= 15 is 0 Å². The lowest BCUT2D eigenvalue weighted by Crippen LogP contribution is -2.37. The summed E-state index contributed by atoms with van der Waals surface area (Å²) in [4.78, 5) is 10.8. The van der Waals surface area contributed by atoms with Crippen LogP contribution in [0.1, 0.15) is 16.8 Å². The average molecular weight is 301 g/mol. The van der Waals surface area contributed by atoms with Gasteiger partial charge in [0.15, 0.2) is 0 Å². The maximum absolute atomic E-state index is 12.4. The van der Waals surface area contributed by atoms with Crippen molar-refractivity contribution in [1.29, 1.82) is 0 Å². The monoisotopic (exact) mass is 301 g/mol. The van der Waals surface area contributed by atoms with E-state index in [0.717, 1.165) is 12.1 Å². The highest BCUT2D eigenvalue weighted by Gasteiger charge is 2.31. The van der Waals surface area contributed by atoms with Crippen LogP contribution in [-0.2, 0) is 14.8 Å². The summed E-state index contributed by atoms with van der Waals surface area (Å²) in [5.74, 6) is -1.85. The summed E-state index contributed by atoms with van der Waals surface area (Å²) in [6.07, 6.45) is 0.597. The Bertz CT molecular complexity index is 621. The third-order valence-corrected chi connectivity index (χ3v) is 5.20. The van der Waals surface area contributed by atoms with Gasteiger partial charge >= 0.3 is 5.97 Å². The molecule has 0 bridgehead atoms. The van der Waals surface area contributed by atoms with E-state index in [1.165, 1.54) is 17.4 Å². The minimum atomic E-state index is -3.82. The fourth-order valence-electron chi connectivity index (χ4n) is 2.02. The molecule has 0 amide bonds. The molecule has 7 nitrogen and oxygen atoms in total. The number of phenols is 1. The molecule has 0 saturated carbocycles. The fourth-order valence-corrected chi connectivity index (χ4v) is 3.42. The van der Waals surface area contributed by atoms with Crippen molar-refractivity contribution in [3.8, 4) is 5.75 Å². The van der Waals surface area contributed by atoms with Crippen LogP contribution >= 0.6 is 0 Å². The molecule has 8 heteroatoms. The summed E-state index contributed by atoms with van der Waals surface area (Å²) >= 11 is 0. The van der Waals surface area contributed by atoms with Gasteiger partial charge in [-0.15, -0.1) is 0 Å². The van der Waals surface area contributed by atoms with E-state index in [0.29, 0.717) is 19.6 Å². The molecule has 1 unspecified atom stereocenters. The molecular weight excluding hydrogens is 286 g/mol. The van der Waals surface area contributed by atoms with Gasteiger partial charge in [0.1, 0.15) is 11.3 Å². The second kappa shape index (κ2) is 5.39. The highest BCUT2D eigenvalue weighted by molar-refractivity contribution is 7.89. The Morgan fingerprint density at radius 1 is 1.45 bits per heavy atom. The topological polar surface area (TPSA) is 104 Å². The number of likely N-dealkylation sites (N-methyl/N-ethyl adjacent to an activating group) is 1. The minimum Gasteiger partial charge on any atom is -0.507 e. The number of ether oxygens (including phenoxy) is 1. The smallest absolute Gasteiger partial charge is 0.339 e.